The van der Waals surface area contributed by atoms with Crippen molar-refractivity contribution >= 4 is 27.5 Å². The van der Waals surface area contributed by atoms with Gasteiger partial charge in [0.1, 0.15) is 29.9 Å². The van der Waals surface area contributed by atoms with Crippen molar-refractivity contribution in [3.8, 4) is 11.5 Å². The fourth-order valence-electron chi connectivity index (χ4n) is 4.72. The number of rotatable bonds is 14. The molecule has 0 unspecified atom stereocenters. The molecule has 2 amide bonds. The van der Waals surface area contributed by atoms with Crippen molar-refractivity contribution in [3.63, 3.8) is 0 Å². The molecule has 0 aliphatic rings. The first-order chi connectivity index (χ1) is 21.5. The minimum absolute atomic E-state index is 0.147. The predicted molar refractivity (Wildman–Crippen MR) is 174 cm³/mol. The number of hydrogen-bond acceptors (Lipinski definition) is 5. The average molecular weight is 632 g/mol. The predicted octanol–water partition coefficient (Wildman–Crippen LogP) is 5.94. The van der Waals surface area contributed by atoms with Crippen LogP contribution in [0.5, 0.6) is 11.5 Å². The van der Waals surface area contributed by atoms with E-state index in [-0.39, 0.29) is 30.3 Å². The number of ether oxygens (including phenoxy) is 1. The van der Waals surface area contributed by atoms with Crippen LogP contribution < -0.4 is 14.4 Å². The number of hydrogen-bond donors (Lipinski definition) is 1. The van der Waals surface area contributed by atoms with Crippen molar-refractivity contribution < 1.29 is 27.1 Å². The lowest BCUT2D eigenvalue weighted by Gasteiger charge is -2.34. The molecule has 0 aliphatic heterocycles. The van der Waals surface area contributed by atoms with Crippen molar-refractivity contribution in [1.82, 2.24) is 10.2 Å². The number of benzene rings is 4. The van der Waals surface area contributed by atoms with E-state index in [9.17, 15) is 22.4 Å². The van der Waals surface area contributed by atoms with Crippen molar-refractivity contribution in [2.75, 3.05) is 17.1 Å². The average Bonchev–Trinajstić information content (AvgIpc) is 3.03. The highest BCUT2D eigenvalue weighted by Crippen LogP contribution is 2.26. The maximum atomic E-state index is 14.9. The van der Waals surface area contributed by atoms with Crippen molar-refractivity contribution in [1.29, 1.82) is 0 Å². The number of carbonyl (C=O) groups excluding carboxylic acids is 2. The molecule has 0 aliphatic carbocycles. The number of anilines is 1. The molecule has 0 spiro atoms. The Kier molecular flexibility index (Phi) is 11.3. The number of amides is 2. The number of carbonyl (C=O) groups is 2. The van der Waals surface area contributed by atoms with Gasteiger partial charge in [-0.05, 0) is 61.4 Å². The fourth-order valence-corrected chi connectivity index (χ4v) is 5.57. The summed E-state index contributed by atoms with van der Waals surface area (Å²) in [4.78, 5) is 29.2. The summed E-state index contributed by atoms with van der Waals surface area (Å²) in [5.74, 6) is -0.510. The molecular weight excluding hydrogens is 593 g/mol. The van der Waals surface area contributed by atoms with E-state index in [0.29, 0.717) is 17.9 Å². The van der Waals surface area contributed by atoms with Crippen molar-refractivity contribution in [2.24, 2.45) is 0 Å². The fraction of sp³-hybridized carbons (Fsp3) is 0.257. The van der Waals surface area contributed by atoms with Crippen LogP contribution in [0.3, 0.4) is 0 Å². The number of sulfonamides is 1. The van der Waals surface area contributed by atoms with Gasteiger partial charge in [-0.25, -0.2) is 12.8 Å². The molecule has 2 atom stereocenters. The molecular formula is C35H38FN3O5S. The summed E-state index contributed by atoms with van der Waals surface area (Å²) in [6.07, 6.45) is 1.82. The third-order valence-electron chi connectivity index (χ3n) is 7.35. The molecule has 0 saturated carbocycles. The molecule has 236 valence electrons. The highest BCUT2D eigenvalue weighted by atomic mass is 32.2. The van der Waals surface area contributed by atoms with Gasteiger partial charge in [0.15, 0.2) is 0 Å². The minimum atomic E-state index is -3.96. The van der Waals surface area contributed by atoms with Crippen molar-refractivity contribution in [3.05, 3.63) is 126 Å². The molecule has 10 heteroatoms. The van der Waals surface area contributed by atoms with E-state index in [1.54, 1.807) is 54.6 Å². The summed E-state index contributed by atoms with van der Waals surface area (Å²) in [5.41, 5.74) is 1.23. The molecule has 4 rings (SSSR count). The molecule has 45 heavy (non-hydrogen) atoms. The van der Waals surface area contributed by atoms with Crippen LogP contribution in [0.1, 0.15) is 31.4 Å². The molecule has 0 saturated heterocycles. The highest BCUT2D eigenvalue weighted by Gasteiger charge is 2.33. The van der Waals surface area contributed by atoms with Crippen LogP contribution in [-0.2, 0) is 32.6 Å². The lowest BCUT2D eigenvalue weighted by molar-refractivity contribution is -0.140. The third kappa shape index (κ3) is 9.39. The molecule has 1 N–H and O–H groups in total. The Bertz CT molecular complexity index is 1670. The lowest BCUT2D eigenvalue weighted by atomic mass is 10.0. The van der Waals surface area contributed by atoms with Crippen LogP contribution >= 0.6 is 0 Å². The standard InChI is InChI=1S/C35H38FN3O5S/c1-4-26(2)37-35(41)33(23-27-13-7-5-8-14-27)38(24-28-15-11-12-18-32(28)36)34(40)25-39(45(3,42)43)29-19-21-31(22-20-29)44-30-16-9-6-10-17-30/h5-22,26,33H,4,23-25H2,1-3H3,(H,37,41)/t26-,33-/m0/s1. The van der Waals surface area contributed by atoms with Gasteiger partial charge in [-0.3, -0.25) is 13.9 Å². The molecule has 0 fully saturated rings. The van der Waals surface area contributed by atoms with E-state index in [0.717, 1.165) is 16.1 Å². The number of halogens is 1. The van der Waals surface area contributed by atoms with E-state index in [1.807, 2.05) is 62.4 Å². The van der Waals surface area contributed by atoms with E-state index in [2.05, 4.69) is 5.32 Å². The lowest BCUT2D eigenvalue weighted by Crippen LogP contribution is -2.54. The largest absolute Gasteiger partial charge is 0.457 e. The van der Waals surface area contributed by atoms with E-state index in [1.165, 1.54) is 11.0 Å². The van der Waals surface area contributed by atoms with Crippen LogP contribution in [0.4, 0.5) is 10.1 Å². The van der Waals surface area contributed by atoms with Gasteiger partial charge in [0.2, 0.25) is 21.8 Å². The van der Waals surface area contributed by atoms with Crippen LogP contribution in [0.25, 0.3) is 0 Å². The second-order valence-corrected chi connectivity index (χ2v) is 12.7. The molecule has 0 bridgehead atoms. The number of nitrogens with one attached hydrogen (secondary N) is 1. The Balaban J connectivity index is 1.69. The SMILES string of the molecule is CC[C@H](C)NC(=O)[C@H](Cc1ccccc1)N(Cc1ccccc1F)C(=O)CN(c1ccc(Oc2ccccc2)cc1)S(C)(=O)=O. The highest BCUT2D eigenvalue weighted by molar-refractivity contribution is 7.92. The van der Waals surface area contributed by atoms with Gasteiger partial charge in [-0.2, -0.15) is 0 Å². The smallest absolute Gasteiger partial charge is 0.244 e. The zero-order chi connectivity index (χ0) is 32.4. The first-order valence-corrected chi connectivity index (χ1v) is 16.6. The van der Waals surface area contributed by atoms with Crippen LogP contribution in [-0.4, -0.2) is 50.0 Å². The Morgan fingerprint density at radius 3 is 2.02 bits per heavy atom. The molecule has 0 aromatic heterocycles. The van der Waals surface area contributed by atoms with Gasteiger partial charge >= 0.3 is 0 Å². The number of para-hydroxylation sites is 1. The Morgan fingerprint density at radius 1 is 0.844 bits per heavy atom. The molecule has 4 aromatic rings. The van der Waals surface area contributed by atoms with Gasteiger partial charge in [0.05, 0.1) is 11.9 Å². The van der Waals surface area contributed by atoms with E-state index >= 15 is 0 Å². The number of nitrogens with zero attached hydrogens (tertiary/aromatic N) is 2. The van der Waals surface area contributed by atoms with E-state index in [4.69, 9.17) is 4.74 Å². The Labute approximate surface area is 264 Å². The van der Waals surface area contributed by atoms with Gasteiger partial charge in [0, 0.05) is 24.6 Å². The summed E-state index contributed by atoms with van der Waals surface area (Å²) in [6, 6.07) is 29.4. The van der Waals surface area contributed by atoms with Gasteiger partial charge in [-0.1, -0.05) is 73.7 Å². The Hall–Kier alpha value is -4.70. The van der Waals surface area contributed by atoms with Gasteiger partial charge < -0.3 is 15.0 Å². The molecule has 0 heterocycles. The topological polar surface area (TPSA) is 96.0 Å². The normalized spacial score (nSPS) is 12.5. The summed E-state index contributed by atoms with van der Waals surface area (Å²) < 4.78 is 47.8. The second kappa shape index (κ2) is 15.3. The second-order valence-electron chi connectivity index (χ2n) is 10.8. The third-order valence-corrected chi connectivity index (χ3v) is 8.49. The van der Waals surface area contributed by atoms with Crippen LogP contribution in [0.2, 0.25) is 0 Å². The monoisotopic (exact) mass is 631 g/mol. The summed E-state index contributed by atoms with van der Waals surface area (Å²) in [5, 5.41) is 2.95. The first-order valence-electron chi connectivity index (χ1n) is 14.7. The minimum Gasteiger partial charge on any atom is -0.457 e. The summed E-state index contributed by atoms with van der Waals surface area (Å²) in [7, 11) is -3.96. The Morgan fingerprint density at radius 2 is 1.42 bits per heavy atom. The van der Waals surface area contributed by atoms with Crippen LogP contribution in [0.15, 0.2) is 109 Å². The van der Waals surface area contributed by atoms with Gasteiger partial charge in [-0.15, -0.1) is 0 Å². The van der Waals surface area contributed by atoms with Crippen LogP contribution in [0, 0.1) is 5.82 Å². The summed E-state index contributed by atoms with van der Waals surface area (Å²) >= 11 is 0. The van der Waals surface area contributed by atoms with E-state index < -0.39 is 40.2 Å². The zero-order valence-corrected chi connectivity index (χ0v) is 26.4. The molecule has 0 radical (unpaired) electrons. The molecule has 4 aromatic carbocycles. The molecule has 8 nitrogen and oxygen atoms in total. The first kappa shape index (κ1) is 33.2. The summed E-state index contributed by atoms with van der Waals surface area (Å²) in [6.45, 7) is 2.95. The zero-order valence-electron chi connectivity index (χ0n) is 25.6. The van der Waals surface area contributed by atoms with Gasteiger partial charge in [0.25, 0.3) is 0 Å². The quantitative estimate of drug-likeness (QED) is 0.186. The van der Waals surface area contributed by atoms with Crippen molar-refractivity contribution in [2.45, 2.75) is 45.3 Å². The maximum Gasteiger partial charge on any atom is 0.244 e. The maximum absolute atomic E-state index is 14.9.